The van der Waals surface area contributed by atoms with Gasteiger partial charge in [0, 0.05) is 23.3 Å². The molecule has 74 valence electrons. The third kappa shape index (κ3) is 0.921. The fourth-order valence-electron chi connectivity index (χ4n) is 2.78. The fourth-order valence-corrected chi connectivity index (χ4v) is 2.78. The molecular weight excluding hydrogens is 172 g/mol. The van der Waals surface area contributed by atoms with Crippen LogP contribution in [0.2, 0.25) is 0 Å². The van der Waals surface area contributed by atoms with E-state index in [4.69, 9.17) is 5.73 Å². The van der Waals surface area contributed by atoms with Gasteiger partial charge in [0.05, 0.1) is 0 Å². The molecule has 1 aromatic rings. The molecule has 0 amide bonds. The van der Waals surface area contributed by atoms with Gasteiger partial charge in [0.15, 0.2) is 0 Å². The van der Waals surface area contributed by atoms with Crippen LogP contribution in [-0.2, 0) is 5.41 Å². The van der Waals surface area contributed by atoms with Crippen molar-refractivity contribution in [2.24, 2.45) is 5.73 Å². The molecular formula is C12H16N2. The number of rotatable bonds is 2. The lowest BCUT2D eigenvalue weighted by Crippen LogP contribution is -2.37. The second-order valence-corrected chi connectivity index (χ2v) is 4.93. The van der Waals surface area contributed by atoms with E-state index in [1.54, 1.807) is 0 Å². The van der Waals surface area contributed by atoms with Crippen LogP contribution in [-0.4, -0.2) is 10.5 Å². The van der Waals surface area contributed by atoms with Crippen LogP contribution in [0.1, 0.15) is 36.8 Å². The minimum absolute atomic E-state index is 0.124. The van der Waals surface area contributed by atoms with Crippen molar-refractivity contribution in [1.29, 1.82) is 0 Å². The number of nitrogens with zero attached hydrogens (tertiary/aromatic N) is 1. The van der Waals surface area contributed by atoms with Crippen LogP contribution in [0.25, 0.3) is 0 Å². The normalized spacial score (nSPS) is 25.9. The summed E-state index contributed by atoms with van der Waals surface area (Å²) in [7, 11) is 0. The van der Waals surface area contributed by atoms with E-state index < -0.39 is 0 Å². The van der Waals surface area contributed by atoms with Crippen molar-refractivity contribution < 1.29 is 0 Å². The third-order valence-electron chi connectivity index (χ3n) is 4.03. The summed E-state index contributed by atoms with van der Waals surface area (Å²) in [6.07, 6.45) is 8.81. The molecule has 0 aromatic carbocycles. The van der Waals surface area contributed by atoms with Gasteiger partial charge in [0.2, 0.25) is 0 Å². The second kappa shape index (κ2) is 2.37. The molecule has 0 aliphatic heterocycles. The first-order chi connectivity index (χ1) is 6.68. The Morgan fingerprint density at radius 1 is 1.29 bits per heavy atom. The molecule has 2 N–H and O–H groups in total. The van der Waals surface area contributed by atoms with Crippen molar-refractivity contribution in [3.63, 3.8) is 0 Å². The van der Waals surface area contributed by atoms with E-state index in [1.165, 1.54) is 36.8 Å². The Labute approximate surface area is 84.5 Å². The van der Waals surface area contributed by atoms with E-state index in [1.807, 2.05) is 12.4 Å². The highest BCUT2D eigenvalue weighted by Crippen LogP contribution is 2.63. The molecule has 2 nitrogen and oxygen atoms in total. The van der Waals surface area contributed by atoms with E-state index in [0.717, 1.165) is 0 Å². The second-order valence-electron chi connectivity index (χ2n) is 4.93. The van der Waals surface area contributed by atoms with Gasteiger partial charge in [0.25, 0.3) is 0 Å². The Morgan fingerprint density at radius 2 is 2.00 bits per heavy atom. The van der Waals surface area contributed by atoms with Gasteiger partial charge < -0.3 is 5.73 Å². The third-order valence-corrected chi connectivity index (χ3v) is 4.03. The lowest BCUT2D eigenvalue weighted by Gasteiger charge is -2.24. The van der Waals surface area contributed by atoms with Crippen molar-refractivity contribution >= 4 is 0 Å². The molecule has 2 aliphatic carbocycles. The van der Waals surface area contributed by atoms with E-state index >= 15 is 0 Å². The van der Waals surface area contributed by atoms with Gasteiger partial charge >= 0.3 is 0 Å². The smallest absolute Gasteiger partial charge is 0.0300 e. The molecule has 2 fully saturated rings. The number of aryl methyl sites for hydroxylation is 1. The van der Waals surface area contributed by atoms with Crippen molar-refractivity contribution in [3.8, 4) is 0 Å². The summed E-state index contributed by atoms with van der Waals surface area (Å²) in [6, 6.07) is 2.16. The molecule has 2 saturated carbocycles. The van der Waals surface area contributed by atoms with Crippen molar-refractivity contribution in [3.05, 3.63) is 29.6 Å². The largest absolute Gasteiger partial charge is 0.324 e. The Morgan fingerprint density at radius 3 is 2.50 bits per heavy atom. The summed E-state index contributed by atoms with van der Waals surface area (Å²) in [4.78, 5) is 4.15. The minimum Gasteiger partial charge on any atom is -0.324 e. The Bertz CT molecular complexity index is 376. The maximum Gasteiger partial charge on any atom is 0.0300 e. The predicted molar refractivity (Wildman–Crippen MR) is 56.0 cm³/mol. The summed E-state index contributed by atoms with van der Waals surface area (Å²) in [5.41, 5.74) is 9.57. The van der Waals surface area contributed by atoms with Gasteiger partial charge in [-0.3, -0.25) is 4.98 Å². The van der Waals surface area contributed by atoms with Gasteiger partial charge in [-0.15, -0.1) is 0 Å². The fraction of sp³-hybridized carbons (Fsp3) is 0.583. The first-order valence-electron chi connectivity index (χ1n) is 5.38. The first-order valence-corrected chi connectivity index (χ1v) is 5.38. The maximum atomic E-state index is 6.37. The SMILES string of the molecule is Cc1cnccc1C1(C2(N)CC2)CC1. The van der Waals surface area contributed by atoms with E-state index in [2.05, 4.69) is 18.0 Å². The van der Waals surface area contributed by atoms with Gasteiger partial charge in [-0.25, -0.2) is 0 Å². The van der Waals surface area contributed by atoms with Crippen LogP contribution < -0.4 is 5.73 Å². The number of aromatic nitrogens is 1. The molecule has 2 aliphatic rings. The van der Waals surface area contributed by atoms with Crippen LogP contribution in [0.4, 0.5) is 0 Å². The molecule has 0 unspecified atom stereocenters. The number of hydrogen-bond donors (Lipinski definition) is 1. The molecule has 14 heavy (non-hydrogen) atoms. The quantitative estimate of drug-likeness (QED) is 0.770. The maximum absolute atomic E-state index is 6.37. The first kappa shape index (κ1) is 8.42. The molecule has 0 atom stereocenters. The van der Waals surface area contributed by atoms with Gasteiger partial charge in [-0.1, -0.05) is 0 Å². The van der Waals surface area contributed by atoms with Crippen LogP contribution >= 0.6 is 0 Å². The van der Waals surface area contributed by atoms with Crippen LogP contribution in [0, 0.1) is 6.92 Å². The minimum atomic E-state index is 0.124. The van der Waals surface area contributed by atoms with E-state index in [-0.39, 0.29) is 5.54 Å². The van der Waals surface area contributed by atoms with Crippen molar-refractivity contribution in [2.45, 2.75) is 43.6 Å². The van der Waals surface area contributed by atoms with Crippen molar-refractivity contribution in [2.75, 3.05) is 0 Å². The highest BCUT2D eigenvalue weighted by Gasteiger charge is 2.64. The summed E-state index contributed by atoms with van der Waals surface area (Å²) < 4.78 is 0. The molecule has 1 heterocycles. The van der Waals surface area contributed by atoms with Gasteiger partial charge in [0.1, 0.15) is 0 Å². The summed E-state index contributed by atoms with van der Waals surface area (Å²) in [5, 5.41) is 0. The molecule has 0 bridgehead atoms. The zero-order valence-electron chi connectivity index (χ0n) is 8.59. The van der Waals surface area contributed by atoms with Gasteiger partial charge in [-0.05, 0) is 49.8 Å². The Hall–Kier alpha value is -0.890. The predicted octanol–water partition coefficient (Wildman–Crippen LogP) is 1.91. The lowest BCUT2D eigenvalue weighted by atomic mass is 9.84. The van der Waals surface area contributed by atoms with E-state index in [9.17, 15) is 0 Å². The average molecular weight is 188 g/mol. The highest BCUT2D eigenvalue weighted by atomic mass is 14.9. The van der Waals surface area contributed by atoms with Crippen molar-refractivity contribution in [1.82, 2.24) is 4.98 Å². The summed E-state index contributed by atoms with van der Waals surface area (Å²) in [5.74, 6) is 0. The number of hydrogen-bond acceptors (Lipinski definition) is 2. The molecule has 1 aromatic heterocycles. The topological polar surface area (TPSA) is 38.9 Å². The van der Waals surface area contributed by atoms with Crippen LogP contribution in [0.15, 0.2) is 18.5 Å². The van der Waals surface area contributed by atoms with Crippen LogP contribution in [0.5, 0.6) is 0 Å². The number of pyridine rings is 1. The molecule has 2 heteroatoms. The van der Waals surface area contributed by atoms with E-state index in [0.29, 0.717) is 5.41 Å². The average Bonchev–Trinajstić information content (AvgIpc) is 3.01. The van der Waals surface area contributed by atoms with Gasteiger partial charge in [-0.2, -0.15) is 0 Å². The molecule has 0 saturated heterocycles. The standard InChI is InChI=1S/C12H16N2/c1-9-8-14-7-2-10(9)11(3-4-11)12(13)5-6-12/h2,7-8H,3-6,13H2,1H3. The summed E-state index contributed by atoms with van der Waals surface area (Å²) in [6.45, 7) is 2.15. The lowest BCUT2D eigenvalue weighted by molar-refractivity contribution is 0.500. The molecule has 3 rings (SSSR count). The monoisotopic (exact) mass is 188 g/mol. The zero-order chi connectivity index (χ0) is 9.81. The number of nitrogens with two attached hydrogens (primary N) is 1. The highest BCUT2D eigenvalue weighted by molar-refractivity contribution is 5.43. The molecule has 0 radical (unpaired) electrons. The Kier molecular flexibility index (Phi) is 1.43. The van der Waals surface area contributed by atoms with Crippen LogP contribution in [0.3, 0.4) is 0 Å². The zero-order valence-corrected chi connectivity index (χ0v) is 8.59. The Balaban J connectivity index is 2.07. The molecule has 0 spiro atoms. The summed E-state index contributed by atoms with van der Waals surface area (Å²) >= 11 is 0.